The molecular formula is C8H10F3N3O. The molecule has 2 heterocycles. The summed E-state index contributed by atoms with van der Waals surface area (Å²) in [5.74, 6) is -0.0775. The molecule has 15 heavy (non-hydrogen) atoms. The summed E-state index contributed by atoms with van der Waals surface area (Å²) in [6.07, 6.45) is -2.98. The molecule has 0 aromatic carbocycles. The number of nitrogens with zero attached hydrogens (tertiary/aromatic N) is 2. The Hall–Kier alpha value is -1.40. The molecule has 2 aliphatic heterocycles. The molecule has 0 radical (unpaired) electrons. The number of aliphatic imine (C=N–C) groups is 1. The zero-order valence-corrected chi connectivity index (χ0v) is 7.97. The van der Waals surface area contributed by atoms with E-state index in [4.69, 9.17) is 5.11 Å². The van der Waals surface area contributed by atoms with E-state index >= 15 is 0 Å². The maximum Gasteiger partial charge on any atom is 0.415 e. The molecule has 7 heteroatoms. The molecule has 0 saturated heterocycles. The Morgan fingerprint density at radius 3 is 2.87 bits per heavy atom. The van der Waals surface area contributed by atoms with Gasteiger partial charge in [0.25, 0.3) is 0 Å². The van der Waals surface area contributed by atoms with Gasteiger partial charge in [-0.05, 0) is 13.0 Å². The van der Waals surface area contributed by atoms with E-state index in [1.165, 1.54) is 11.0 Å². The fourth-order valence-electron chi connectivity index (χ4n) is 1.56. The van der Waals surface area contributed by atoms with Crippen molar-refractivity contribution in [2.75, 3.05) is 13.1 Å². The summed E-state index contributed by atoms with van der Waals surface area (Å²) in [4.78, 5) is 5.01. The standard InChI is InChI=1S/C8H10F3N3O/c1-7(8(9,10)11)4-14-3-2-5(15)12-6(14)13-7/h2,15H,3-4H2,1H3,(H,12,13)/t7-/m0/s1. The van der Waals surface area contributed by atoms with Crippen molar-refractivity contribution in [1.29, 1.82) is 0 Å². The largest absolute Gasteiger partial charge is 0.495 e. The quantitative estimate of drug-likeness (QED) is 0.641. The molecular weight excluding hydrogens is 211 g/mol. The number of aliphatic hydroxyl groups excluding tert-OH is 1. The molecule has 0 amide bonds. The van der Waals surface area contributed by atoms with Crippen LogP contribution in [0.25, 0.3) is 0 Å². The van der Waals surface area contributed by atoms with Gasteiger partial charge in [0.2, 0.25) is 5.96 Å². The lowest BCUT2D eigenvalue weighted by molar-refractivity contribution is -0.178. The summed E-state index contributed by atoms with van der Waals surface area (Å²) in [6.45, 7) is 1.06. The van der Waals surface area contributed by atoms with E-state index in [0.717, 1.165) is 6.92 Å². The third-order valence-electron chi connectivity index (χ3n) is 2.51. The Kier molecular flexibility index (Phi) is 1.89. The number of hydrogen-bond donors (Lipinski definition) is 2. The highest BCUT2D eigenvalue weighted by Crippen LogP contribution is 2.37. The monoisotopic (exact) mass is 221 g/mol. The molecule has 0 aliphatic carbocycles. The van der Waals surface area contributed by atoms with Crippen LogP contribution in [0.5, 0.6) is 0 Å². The lowest BCUT2D eigenvalue weighted by Crippen LogP contribution is -2.47. The third kappa shape index (κ3) is 1.51. The van der Waals surface area contributed by atoms with E-state index in [2.05, 4.69) is 10.3 Å². The molecule has 0 unspecified atom stereocenters. The first-order valence-electron chi connectivity index (χ1n) is 4.39. The van der Waals surface area contributed by atoms with Crippen molar-refractivity contribution in [3.63, 3.8) is 0 Å². The van der Waals surface area contributed by atoms with Gasteiger partial charge in [-0.3, -0.25) is 5.32 Å². The predicted octanol–water partition coefficient (Wildman–Crippen LogP) is 0.982. The van der Waals surface area contributed by atoms with E-state index < -0.39 is 11.7 Å². The topological polar surface area (TPSA) is 47.9 Å². The van der Waals surface area contributed by atoms with Gasteiger partial charge in [0.15, 0.2) is 11.4 Å². The predicted molar refractivity (Wildman–Crippen MR) is 47.3 cm³/mol. The summed E-state index contributed by atoms with van der Waals surface area (Å²) >= 11 is 0. The van der Waals surface area contributed by atoms with E-state index in [1.54, 1.807) is 0 Å². The van der Waals surface area contributed by atoms with Crippen molar-refractivity contribution in [1.82, 2.24) is 10.2 Å². The van der Waals surface area contributed by atoms with Crippen LogP contribution >= 0.6 is 0 Å². The minimum atomic E-state index is -4.38. The zero-order chi connectivity index (χ0) is 11.3. The summed E-state index contributed by atoms with van der Waals surface area (Å²) in [5, 5.41) is 11.5. The Morgan fingerprint density at radius 1 is 1.60 bits per heavy atom. The van der Waals surface area contributed by atoms with Gasteiger partial charge in [-0.15, -0.1) is 0 Å². The number of halogens is 3. The van der Waals surface area contributed by atoms with Crippen molar-refractivity contribution in [3.05, 3.63) is 12.0 Å². The fraction of sp³-hybridized carbons (Fsp3) is 0.625. The third-order valence-corrected chi connectivity index (χ3v) is 2.51. The lowest BCUT2D eigenvalue weighted by atomic mass is 10.0. The molecule has 2 rings (SSSR count). The number of rotatable bonds is 0. The van der Waals surface area contributed by atoms with Gasteiger partial charge in [-0.1, -0.05) is 0 Å². The molecule has 2 aliphatic rings. The molecule has 1 atom stereocenters. The molecule has 0 aromatic heterocycles. The van der Waals surface area contributed by atoms with Gasteiger partial charge in [0, 0.05) is 6.54 Å². The number of aliphatic hydroxyl groups is 1. The van der Waals surface area contributed by atoms with Crippen LogP contribution in [0.4, 0.5) is 13.2 Å². The first kappa shape index (κ1) is 10.1. The van der Waals surface area contributed by atoms with E-state index in [1.807, 2.05) is 0 Å². The van der Waals surface area contributed by atoms with E-state index in [-0.39, 0.29) is 24.9 Å². The minimum Gasteiger partial charge on any atom is -0.495 e. The highest BCUT2D eigenvalue weighted by atomic mass is 19.4. The van der Waals surface area contributed by atoms with Gasteiger partial charge in [-0.25, -0.2) is 4.99 Å². The number of alkyl halides is 3. The van der Waals surface area contributed by atoms with Crippen LogP contribution in [0.2, 0.25) is 0 Å². The van der Waals surface area contributed by atoms with Crippen LogP contribution in [-0.4, -0.2) is 40.8 Å². The normalized spacial score (nSPS) is 30.5. The molecule has 0 fully saturated rings. The average Bonchev–Trinajstić information content (AvgIpc) is 2.40. The first-order chi connectivity index (χ1) is 6.82. The maximum atomic E-state index is 12.6. The summed E-state index contributed by atoms with van der Waals surface area (Å²) in [7, 11) is 0. The SMILES string of the molecule is C[C@@]1(C(F)(F)F)CN2CC=C(O)NC2=N1. The van der Waals surface area contributed by atoms with Crippen molar-refractivity contribution in [3.8, 4) is 0 Å². The van der Waals surface area contributed by atoms with Crippen molar-refractivity contribution in [2.45, 2.75) is 18.6 Å². The number of fused-ring (bicyclic) bond motifs is 1. The Labute approximate surface area is 84.1 Å². The van der Waals surface area contributed by atoms with Crippen molar-refractivity contribution < 1.29 is 18.3 Å². The molecule has 0 bridgehead atoms. The van der Waals surface area contributed by atoms with Gasteiger partial charge in [0.1, 0.15) is 0 Å². The van der Waals surface area contributed by atoms with Crippen LogP contribution < -0.4 is 5.32 Å². The van der Waals surface area contributed by atoms with Crippen LogP contribution in [0.1, 0.15) is 6.92 Å². The smallest absolute Gasteiger partial charge is 0.415 e. The first-order valence-corrected chi connectivity index (χ1v) is 4.39. The molecule has 84 valence electrons. The lowest BCUT2D eigenvalue weighted by Gasteiger charge is -2.27. The van der Waals surface area contributed by atoms with Crippen LogP contribution in [0.3, 0.4) is 0 Å². The second-order valence-corrected chi connectivity index (χ2v) is 3.80. The number of guanidine groups is 1. The summed E-state index contributed by atoms with van der Waals surface area (Å²) < 4.78 is 37.9. The molecule has 0 spiro atoms. The van der Waals surface area contributed by atoms with Crippen LogP contribution in [0.15, 0.2) is 17.0 Å². The van der Waals surface area contributed by atoms with Gasteiger partial charge < -0.3 is 10.0 Å². The summed E-state index contributed by atoms with van der Waals surface area (Å²) in [5.41, 5.74) is -2.09. The van der Waals surface area contributed by atoms with Crippen LogP contribution in [-0.2, 0) is 0 Å². The highest BCUT2D eigenvalue weighted by Gasteiger charge is 2.56. The van der Waals surface area contributed by atoms with Gasteiger partial charge in [0.05, 0.1) is 6.54 Å². The summed E-state index contributed by atoms with van der Waals surface area (Å²) in [6, 6.07) is 0. The second-order valence-electron chi connectivity index (χ2n) is 3.80. The fourth-order valence-corrected chi connectivity index (χ4v) is 1.56. The van der Waals surface area contributed by atoms with Crippen LogP contribution in [0, 0.1) is 0 Å². The van der Waals surface area contributed by atoms with Gasteiger partial charge in [-0.2, -0.15) is 13.2 Å². The van der Waals surface area contributed by atoms with Gasteiger partial charge >= 0.3 is 6.18 Å². The molecule has 0 aromatic rings. The van der Waals surface area contributed by atoms with E-state index in [9.17, 15) is 13.2 Å². The maximum absolute atomic E-state index is 12.6. The molecule has 0 saturated carbocycles. The number of hydrogen-bond acceptors (Lipinski definition) is 4. The number of nitrogens with one attached hydrogen (secondary N) is 1. The molecule has 2 N–H and O–H groups in total. The van der Waals surface area contributed by atoms with Crippen molar-refractivity contribution in [2.24, 2.45) is 4.99 Å². The Balaban J connectivity index is 2.26. The van der Waals surface area contributed by atoms with E-state index in [0.29, 0.717) is 0 Å². The minimum absolute atomic E-state index is 0.0785. The Bertz CT molecular complexity index is 350. The zero-order valence-electron chi connectivity index (χ0n) is 7.97. The van der Waals surface area contributed by atoms with Crippen molar-refractivity contribution >= 4 is 5.96 Å². The Morgan fingerprint density at radius 2 is 2.27 bits per heavy atom. The average molecular weight is 221 g/mol. The molecule has 4 nitrogen and oxygen atoms in total. The highest BCUT2D eigenvalue weighted by molar-refractivity contribution is 5.84. The second kappa shape index (κ2) is 2.80.